The number of carboxylic acids is 1. The average Bonchev–Trinajstić information content (AvgIpc) is 3.24. The van der Waals surface area contributed by atoms with Crippen LogP contribution in [-0.2, 0) is 9.59 Å². The van der Waals surface area contributed by atoms with Gasteiger partial charge in [0.05, 0.1) is 14.9 Å². The number of thiocarbonyl (C=S) groups is 1. The molecule has 1 fully saturated rings. The van der Waals surface area contributed by atoms with E-state index in [1.54, 1.807) is 12.1 Å². The van der Waals surface area contributed by atoms with E-state index in [2.05, 4.69) is 0 Å². The number of carbonyl (C=O) groups is 2. The second-order valence-corrected chi connectivity index (χ2v) is 8.40. The monoisotopic (exact) mass is 466 g/mol. The lowest BCUT2D eigenvalue weighted by atomic mass is 10.1. The highest BCUT2D eigenvalue weighted by molar-refractivity contribution is 8.26. The SMILES string of the molecule is CCC[C@H](C(=O)O)N1C(=O)/C(=C/c2ccc(-c3ccc([N+](=O)[O-])cc3Cl)o2)SC1=S. The molecule has 8 nitrogen and oxygen atoms in total. The minimum absolute atomic E-state index is 0.140. The first-order valence-corrected chi connectivity index (χ1v) is 10.4. The largest absolute Gasteiger partial charge is 0.480 e. The third kappa shape index (κ3) is 4.40. The number of non-ortho nitro benzene ring substituents is 1. The molecule has 1 N–H and O–H groups in total. The summed E-state index contributed by atoms with van der Waals surface area (Å²) >= 11 is 12.3. The molecular weight excluding hydrogens is 452 g/mol. The van der Waals surface area contributed by atoms with Crippen molar-refractivity contribution in [2.75, 3.05) is 0 Å². The van der Waals surface area contributed by atoms with Crippen molar-refractivity contribution in [2.45, 2.75) is 25.8 Å². The molecule has 2 aromatic rings. The van der Waals surface area contributed by atoms with Crippen LogP contribution >= 0.6 is 35.6 Å². The van der Waals surface area contributed by atoms with Gasteiger partial charge in [-0.15, -0.1) is 0 Å². The first kappa shape index (κ1) is 22.0. The number of thioether (sulfide) groups is 1. The van der Waals surface area contributed by atoms with Crippen LogP contribution in [0.15, 0.2) is 39.7 Å². The Morgan fingerprint density at radius 3 is 2.77 bits per heavy atom. The smallest absolute Gasteiger partial charge is 0.326 e. The Morgan fingerprint density at radius 2 is 2.17 bits per heavy atom. The fourth-order valence-electron chi connectivity index (χ4n) is 2.91. The van der Waals surface area contributed by atoms with Gasteiger partial charge < -0.3 is 9.52 Å². The number of benzene rings is 1. The number of carboxylic acid groups (broad SMARTS) is 1. The first-order chi connectivity index (χ1) is 14.2. The molecule has 3 rings (SSSR count). The zero-order valence-corrected chi connectivity index (χ0v) is 17.9. The maximum Gasteiger partial charge on any atom is 0.326 e. The number of nitro benzene ring substituents is 1. The summed E-state index contributed by atoms with van der Waals surface area (Å²) in [6.07, 6.45) is 2.36. The zero-order valence-electron chi connectivity index (χ0n) is 15.5. The van der Waals surface area contributed by atoms with Gasteiger partial charge in [0.15, 0.2) is 0 Å². The summed E-state index contributed by atoms with van der Waals surface area (Å²) in [5.74, 6) is -0.895. The number of hydrogen-bond donors (Lipinski definition) is 1. The maximum absolute atomic E-state index is 12.7. The summed E-state index contributed by atoms with van der Waals surface area (Å²) in [7, 11) is 0. The molecule has 0 bridgehead atoms. The molecule has 1 atom stereocenters. The van der Waals surface area contributed by atoms with Crippen LogP contribution in [0.3, 0.4) is 0 Å². The van der Waals surface area contributed by atoms with Gasteiger partial charge in [-0.25, -0.2) is 4.79 Å². The minimum Gasteiger partial charge on any atom is -0.480 e. The lowest BCUT2D eigenvalue weighted by Crippen LogP contribution is -2.43. The molecule has 0 saturated carbocycles. The second kappa shape index (κ2) is 8.99. The summed E-state index contributed by atoms with van der Waals surface area (Å²) in [6, 6.07) is 6.24. The van der Waals surface area contributed by atoms with Crippen LogP contribution in [0.25, 0.3) is 17.4 Å². The van der Waals surface area contributed by atoms with Crippen molar-refractivity contribution in [3.05, 3.63) is 56.1 Å². The number of hydrogen-bond acceptors (Lipinski definition) is 7. The number of halogens is 1. The van der Waals surface area contributed by atoms with E-state index in [1.165, 1.54) is 24.3 Å². The van der Waals surface area contributed by atoms with Crippen molar-refractivity contribution in [2.24, 2.45) is 0 Å². The Hall–Kier alpha value is -2.69. The fraction of sp³-hybridized carbons (Fsp3) is 0.211. The van der Waals surface area contributed by atoms with Crippen molar-refractivity contribution < 1.29 is 24.0 Å². The molecule has 1 amide bonds. The minimum atomic E-state index is -1.11. The van der Waals surface area contributed by atoms with Crippen molar-refractivity contribution in [1.29, 1.82) is 0 Å². The molecule has 0 spiro atoms. The molecule has 30 heavy (non-hydrogen) atoms. The summed E-state index contributed by atoms with van der Waals surface area (Å²) in [5.41, 5.74) is 0.322. The zero-order chi connectivity index (χ0) is 22.0. The highest BCUT2D eigenvalue weighted by atomic mass is 35.5. The Kier molecular flexibility index (Phi) is 6.59. The van der Waals surface area contributed by atoms with E-state index in [0.717, 1.165) is 16.7 Å². The Bertz CT molecular complexity index is 1080. The van der Waals surface area contributed by atoms with Crippen LogP contribution in [-0.4, -0.2) is 37.2 Å². The van der Waals surface area contributed by atoms with Gasteiger partial charge in [0, 0.05) is 23.8 Å². The molecule has 0 radical (unpaired) electrons. The summed E-state index contributed by atoms with van der Waals surface area (Å²) in [5, 5.41) is 20.4. The molecule has 1 aromatic heterocycles. The predicted octanol–water partition coefficient (Wildman–Crippen LogP) is 4.96. The van der Waals surface area contributed by atoms with E-state index in [9.17, 15) is 24.8 Å². The molecule has 1 aromatic carbocycles. The normalized spacial score (nSPS) is 16.3. The molecular formula is C19H15ClN2O6S2. The van der Waals surface area contributed by atoms with Crippen LogP contribution in [0.1, 0.15) is 25.5 Å². The Balaban J connectivity index is 1.86. The van der Waals surface area contributed by atoms with Crippen LogP contribution in [0, 0.1) is 10.1 Å². The van der Waals surface area contributed by atoms with E-state index in [4.69, 9.17) is 28.2 Å². The van der Waals surface area contributed by atoms with Crippen LogP contribution in [0.5, 0.6) is 0 Å². The van der Waals surface area contributed by atoms with Crippen molar-refractivity contribution in [3.63, 3.8) is 0 Å². The van der Waals surface area contributed by atoms with Crippen LogP contribution < -0.4 is 0 Å². The van der Waals surface area contributed by atoms with Gasteiger partial charge in [0.2, 0.25) is 0 Å². The van der Waals surface area contributed by atoms with Gasteiger partial charge in [0.25, 0.3) is 11.6 Å². The number of nitro groups is 1. The number of carbonyl (C=O) groups excluding carboxylic acids is 1. The lowest BCUT2D eigenvalue weighted by molar-refractivity contribution is -0.384. The van der Waals surface area contributed by atoms with E-state index < -0.39 is 22.8 Å². The third-order valence-corrected chi connectivity index (χ3v) is 5.95. The summed E-state index contributed by atoms with van der Waals surface area (Å²) < 4.78 is 5.89. The number of nitrogens with zero attached hydrogens (tertiary/aromatic N) is 2. The summed E-state index contributed by atoms with van der Waals surface area (Å²) in [4.78, 5) is 35.9. The Morgan fingerprint density at radius 1 is 1.43 bits per heavy atom. The van der Waals surface area contributed by atoms with E-state index in [-0.39, 0.29) is 19.9 Å². The fourth-order valence-corrected chi connectivity index (χ4v) is 4.51. The third-order valence-electron chi connectivity index (χ3n) is 4.31. The topological polar surface area (TPSA) is 114 Å². The first-order valence-electron chi connectivity index (χ1n) is 8.77. The molecule has 2 heterocycles. The Labute approximate surface area is 185 Å². The van der Waals surface area contributed by atoms with E-state index >= 15 is 0 Å². The molecule has 0 unspecified atom stereocenters. The molecule has 156 valence electrons. The van der Waals surface area contributed by atoms with Crippen LogP contribution in [0.4, 0.5) is 5.69 Å². The highest BCUT2D eigenvalue weighted by Gasteiger charge is 2.40. The molecule has 1 aliphatic rings. The van der Waals surface area contributed by atoms with E-state index in [0.29, 0.717) is 29.9 Å². The highest BCUT2D eigenvalue weighted by Crippen LogP contribution is 2.37. The van der Waals surface area contributed by atoms with Gasteiger partial charge in [-0.3, -0.25) is 19.8 Å². The average molecular weight is 467 g/mol. The molecule has 11 heteroatoms. The number of amides is 1. The van der Waals surface area contributed by atoms with Gasteiger partial charge in [-0.2, -0.15) is 0 Å². The standard InChI is InChI=1S/C19H15ClN2O6S2/c1-2-3-14(18(24)25)21-17(23)16(30-19(21)29)9-11-5-7-15(28-11)12-6-4-10(22(26)27)8-13(12)20/h4-9,14H,2-3H2,1H3,(H,24,25)/b16-9-/t14-/m1/s1. The van der Waals surface area contributed by atoms with Gasteiger partial charge in [0.1, 0.15) is 21.9 Å². The van der Waals surface area contributed by atoms with Gasteiger partial charge in [-0.05, 0) is 24.6 Å². The molecule has 0 aliphatic carbocycles. The quantitative estimate of drug-likeness (QED) is 0.263. The van der Waals surface area contributed by atoms with E-state index in [1.807, 2.05) is 6.92 Å². The van der Waals surface area contributed by atoms with Crippen molar-refractivity contribution >= 4 is 63.5 Å². The lowest BCUT2D eigenvalue weighted by Gasteiger charge is -2.22. The van der Waals surface area contributed by atoms with Crippen molar-refractivity contribution in [3.8, 4) is 11.3 Å². The maximum atomic E-state index is 12.7. The second-order valence-electron chi connectivity index (χ2n) is 6.32. The molecule has 1 saturated heterocycles. The van der Waals surface area contributed by atoms with Crippen LogP contribution in [0.2, 0.25) is 5.02 Å². The van der Waals surface area contributed by atoms with Gasteiger partial charge in [-0.1, -0.05) is 48.9 Å². The summed E-state index contributed by atoms with van der Waals surface area (Å²) in [6.45, 7) is 1.83. The van der Waals surface area contributed by atoms with Gasteiger partial charge >= 0.3 is 5.97 Å². The number of furan rings is 1. The molecule has 1 aliphatic heterocycles. The predicted molar refractivity (Wildman–Crippen MR) is 117 cm³/mol. The number of rotatable bonds is 7. The number of aliphatic carboxylic acids is 1. The van der Waals surface area contributed by atoms with Crippen molar-refractivity contribution in [1.82, 2.24) is 4.90 Å².